The maximum absolute atomic E-state index is 12.6. The number of aryl methyl sites for hydroxylation is 1. The van der Waals surface area contributed by atoms with Gasteiger partial charge in [-0.25, -0.2) is 0 Å². The van der Waals surface area contributed by atoms with Gasteiger partial charge in [-0.15, -0.1) is 0 Å². The summed E-state index contributed by atoms with van der Waals surface area (Å²) in [6.45, 7) is 9.14. The molecular weight excluding hydrogens is 280 g/mol. The summed E-state index contributed by atoms with van der Waals surface area (Å²) in [7, 11) is 0. The minimum Gasteiger partial charge on any atom is -0.385 e. The first kappa shape index (κ1) is 16.2. The molecule has 1 aliphatic heterocycles. The van der Waals surface area contributed by atoms with Crippen LogP contribution in [0, 0.1) is 6.92 Å². The summed E-state index contributed by atoms with van der Waals surface area (Å²) in [5.74, 6) is 1.23. The molecule has 3 nitrogen and oxygen atoms in total. The average molecular weight is 306 g/mol. The predicted octanol–water partition coefficient (Wildman–Crippen LogP) is 3.78. The molecule has 0 saturated carbocycles. The number of hydrogen-bond donors (Lipinski definition) is 1. The molecule has 0 bridgehead atoms. The topological polar surface area (TPSA) is 32.3 Å². The van der Waals surface area contributed by atoms with E-state index in [1.165, 1.54) is 0 Å². The Morgan fingerprint density at radius 3 is 2.90 bits per heavy atom. The van der Waals surface area contributed by atoms with Gasteiger partial charge in [0.15, 0.2) is 0 Å². The molecule has 1 unspecified atom stereocenters. The lowest BCUT2D eigenvalue weighted by Crippen LogP contribution is -2.41. The zero-order valence-corrected chi connectivity index (χ0v) is 14.1. The highest BCUT2D eigenvalue weighted by Crippen LogP contribution is 2.23. The standard InChI is InChI=1S/C17H26N2OS/c1-4-8-18-16-7-6-14(11-13(16)3)17(20)19-9-10-21-15(5-2)12-19/h6-7,11,15,18H,4-5,8-10,12H2,1-3H3. The van der Waals surface area contributed by atoms with E-state index >= 15 is 0 Å². The SMILES string of the molecule is CCCNc1ccc(C(=O)N2CCSC(CC)C2)cc1C. The predicted molar refractivity (Wildman–Crippen MR) is 92.4 cm³/mol. The Kier molecular flexibility index (Phi) is 5.97. The highest BCUT2D eigenvalue weighted by molar-refractivity contribution is 8.00. The first-order valence-corrected chi connectivity index (χ1v) is 8.96. The van der Waals surface area contributed by atoms with Gasteiger partial charge < -0.3 is 10.2 Å². The first-order chi connectivity index (χ1) is 10.2. The van der Waals surface area contributed by atoms with Crippen LogP contribution < -0.4 is 5.32 Å². The number of nitrogens with one attached hydrogen (secondary N) is 1. The van der Waals surface area contributed by atoms with Gasteiger partial charge in [0, 0.05) is 41.9 Å². The van der Waals surface area contributed by atoms with E-state index in [4.69, 9.17) is 0 Å². The Balaban J connectivity index is 2.07. The van der Waals surface area contributed by atoms with Crippen molar-refractivity contribution in [1.29, 1.82) is 0 Å². The second kappa shape index (κ2) is 7.74. The van der Waals surface area contributed by atoms with Crippen molar-refractivity contribution >= 4 is 23.4 Å². The maximum atomic E-state index is 12.6. The highest BCUT2D eigenvalue weighted by atomic mass is 32.2. The molecule has 2 rings (SSSR count). The molecule has 21 heavy (non-hydrogen) atoms. The number of rotatable bonds is 5. The fourth-order valence-corrected chi connectivity index (χ4v) is 3.77. The van der Waals surface area contributed by atoms with Gasteiger partial charge in [-0.2, -0.15) is 11.8 Å². The van der Waals surface area contributed by atoms with E-state index in [2.05, 4.69) is 26.1 Å². The van der Waals surface area contributed by atoms with Crippen molar-refractivity contribution < 1.29 is 4.79 Å². The summed E-state index contributed by atoms with van der Waals surface area (Å²) >= 11 is 1.99. The Labute approximate surface area is 132 Å². The Morgan fingerprint density at radius 2 is 2.24 bits per heavy atom. The van der Waals surface area contributed by atoms with Crippen molar-refractivity contribution in [3.63, 3.8) is 0 Å². The van der Waals surface area contributed by atoms with Crippen LogP contribution in [0.3, 0.4) is 0 Å². The number of nitrogens with zero attached hydrogens (tertiary/aromatic N) is 1. The van der Waals surface area contributed by atoms with E-state index in [1.54, 1.807) is 0 Å². The lowest BCUT2D eigenvalue weighted by Gasteiger charge is -2.32. The summed E-state index contributed by atoms with van der Waals surface area (Å²) < 4.78 is 0. The third-order valence-electron chi connectivity index (χ3n) is 3.92. The Hall–Kier alpha value is -1.16. The molecule has 0 aromatic heterocycles. The van der Waals surface area contributed by atoms with Crippen LogP contribution >= 0.6 is 11.8 Å². The van der Waals surface area contributed by atoms with Crippen molar-refractivity contribution in [3.05, 3.63) is 29.3 Å². The molecule has 0 spiro atoms. The van der Waals surface area contributed by atoms with Crippen LogP contribution in [0.25, 0.3) is 0 Å². The highest BCUT2D eigenvalue weighted by Gasteiger charge is 2.24. The maximum Gasteiger partial charge on any atom is 0.253 e. The van der Waals surface area contributed by atoms with Crippen LogP contribution in [-0.4, -0.2) is 41.4 Å². The molecule has 1 aliphatic rings. The van der Waals surface area contributed by atoms with Crippen LogP contribution in [0.2, 0.25) is 0 Å². The number of benzene rings is 1. The first-order valence-electron chi connectivity index (χ1n) is 7.91. The molecule has 1 saturated heterocycles. The number of thioether (sulfide) groups is 1. The number of hydrogen-bond acceptors (Lipinski definition) is 3. The second-order valence-electron chi connectivity index (χ2n) is 5.61. The van der Waals surface area contributed by atoms with Crippen LogP contribution in [-0.2, 0) is 0 Å². The zero-order valence-electron chi connectivity index (χ0n) is 13.3. The van der Waals surface area contributed by atoms with Crippen molar-refractivity contribution in [2.75, 3.05) is 30.7 Å². The quantitative estimate of drug-likeness (QED) is 0.898. The number of carbonyl (C=O) groups is 1. The van der Waals surface area contributed by atoms with Gasteiger partial charge in [0.1, 0.15) is 0 Å². The molecule has 116 valence electrons. The van der Waals surface area contributed by atoms with Crippen molar-refractivity contribution in [1.82, 2.24) is 4.90 Å². The summed E-state index contributed by atoms with van der Waals surface area (Å²) in [5.41, 5.74) is 3.10. The van der Waals surface area contributed by atoms with Crippen LogP contribution in [0.5, 0.6) is 0 Å². The average Bonchev–Trinajstić information content (AvgIpc) is 2.53. The number of carbonyl (C=O) groups excluding carboxylic acids is 1. The molecule has 0 aliphatic carbocycles. The molecule has 1 fully saturated rings. The van der Waals surface area contributed by atoms with Crippen LogP contribution in [0.1, 0.15) is 42.6 Å². The largest absolute Gasteiger partial charge is 0.385 e. The molecule has 1 amide bonds. The monoisotopic (exact) mass is 306 g/mol. The number of anilines is 1. The third-order valence-corrected chi connectivity index (χ3v) is 5.29. The summed E-state index contributed by atoms with van der Waals surface area (Å²) in [6.07, 6.45) is 2.23. The van der Waals surface area contributed by atoms with E-state index < -0.39 is 0 Å². The summed E-state index contributed by atoms with van der Waals surface area (Å²) in [6, 6.07) is 6.01. The van der Waals surface area contributed by atoms with E-state index in [0.29, 0.717) is 5.25 Å². The minimum absolute atomic E-state index is 0.180. The van der Waals surface area contributed by atoms with Gasteiger partial charge in [0.2, 0.25) is 0 Å². The molecule has 1 aromatic carbocycles. The number of amides is 1. The fourth-order valence-electron chi connectivity index (χ4n) is 2.59. The van der Waals surface area contributed by atoms with Gasteiger partial charge in [0.05, 0.1) is 0 Å². The molecule has 1 N–H and O–H groups in total. The smallest absolute Gasteiger partial charge is 0.253 e. The molecule has 1 atom stereocenters. The fraction of sp³-hybridized carbons (Fsp3) is 0.588. The van der Waals surface area contributed by atoms with E-state index in [9.17, 15) is 4.79 Å². The van der Waals surface area contributed by atoms with Crippen molar-refractivity contribution in [2.24, 2.45) is 0 Å². The lowest BCUT2D eigenvalue weighted by atomic mass is 10.1. The van der Waals surface area contributed by atoms with Crippen molar-refractivity contribution in [2.45, 2.75) is 38.9 Å². The van der Waals surface area contributed by atoms with E-state index in [1.807, 2.05) is 34.9 Å². The van der Waals surface area contributed by atoms with Gasteiger partial charge >= 0.3 is 0 Å². The van der Waals surface area contributed by atoms with Gasteiger partial charge in [-0.05, 0) is 43.5 Å². The van der Waals surface area contributed by atoms with Gasteiger partial charge in [0.25, 0.3) is 5.91 Å². The third kappa shape index (κ3) is 4.16. The molecular formula is C17H26N2OS. The van der Waals surface area contributed by atoms with E-state index in [-0.39, 0.29) is 5.91 Å². The zero-order chi connectivity index (χ0) is 15.2. The summed E-state index contributed by atoms with van der Waals surface area (Å²) in [4.78, 5) is 14.6. The van der Waals surface area contributed by atoms with Crippen molar-refractivity contribution in [3.8, 4) is 0 Å². The van der Waals surface area contributed by atoms with E-state index in [0.717, 1.165) is 55.0 Å². The van der Waals surface area contributed by atoms with Crippen LogP contribution in [0.15, 0.2) is 18.2 Å². The second-order valence-corrected chi connectivity index (χ2v) is 7.02. The Bertz CT molecular complexity index is 490. The minimum atomic E-state index is 0.180. The summed E-state index contributed by atoms with van der Waals surface area (Å²) in [5, 5.41) is 3.99. The van der Waals surface area contributed by atoms with Gasteiger partial charge in [-0.1, -0.05) is 13.8 Å². The van der Waals surface area contributed by atoms with Gasteiger partial charge in [-0.3, -0.25) is 4.79 Å². The normalized spacial score (nSPS) is 18.6. The molecule has 1 aromatic rings. The molecule has 4 heteroatoms. The van der Waals surface area contributed by atoms with Crippen LogP contribution in [0.4, 0.5) is 5.69 Å². The molecule has 0 radical (unpaired) electrons. The molecule has 1 heterocycles. The Morgan fingerprint density at radius 1 is 1.43 bits per heavy atom. The lowest BCUT2D eigenvalue weighted by molar-refractivity contribution is 0.0761.